The summed E-state index contributed by atoms with van der Waals surface area (Å²) in [5, 5.41) is 13.3. The van der Waals surface area contributed by atoms with Crippen LogP contribution >= 0.6 is 11.6 Å². The largest absolute Gasteiger partial charge is 0.506 e. The molecule has 2 aliphatic heterocycles. The van der Waals surface area contributed by atoms with Crippen molar-refractivity contribution in [3.63, 3.8) is 0 Å². The first-order valence-corrected chi connectivity index (χ1v) is 11.6. The lowest BCUT2D eigenvalue weighted by Crippen LogP contribution is -2.48. The van der Waals surface area contributed by atoms with Gasteiger partial charge in [0.05, 0.1) is 30.4 Å². The zero-order chi connectivity index (χ0) is 24.3. The second-order valence-corrected chi connectivity index (χ2v) is 9.53. The fourth-order valence-electron chi connectivity index (χ4n) is 4.08. The Morgan fingerprint density at radius 3 is 2.59 bits per heavy atom. The lowest BCUT2D eigenvalue weighted by atomic mass is 9.82. The molecule has 1 unspecified atom stereocenters. The Morgan fingerprint density at radius 2 is 1.91 bits per heavy atom. The number of Topliss-reactive ketones (excluding diaryl/α,β-unsaturated/α-hetero) is 1. The third-order valence-electron chi connectivity index (χ3n) is 6.05. The van der Waals surface area contributed by atoms with Crippen LogP contribution in [0.4, 0.5) is 0 Å². The number of phenols is 1. The molecule has 1 aromatic carbocycles. The van der Waals surface area contributed by atoms with Crippen molar-refractivity contribution < 1.29 is 24.2 Å². The highest BCUT2D eigenvalue weighted by Gasteiger charge is 2.45. The summed E-state index contributed by atoms with van der Waals surface area (Å²) in [4.78, 5) is 32.2. The number of benzene rings is 1. The van der Waals surface area contributed by atoms with E-state index in [2.05, 4.69) is 10.3 Å². The lowest BCUT2D eigenvalue weighted by molar-refractivity contribution is -0.127. The monoisotopic (exact) mass is 485 g/mol. The maximum absolute atomic E-state index is 13.6. The maximum Gasteiger partial charge on any atom is 0.234 e. The number of halogens is 1. The van der Waals surface area contributed by atoms with Crippen LogP contribution in [0.2, 0.25) is 5.02 Å². The maximum atomic E-state index is 13.6. The zero-order valence-corrected chi connectivity index (χ0v) is 20.0. The first-order chi connectivity index (χ1) is 16.3. The predicted octanol–water partition coefficient (Wildman–Crippen LogP) is 2.75. The van der Waals surface area contributed by atoms with Crippen LogP contribution in [0.25, 0.3) is 11.3 Å². The fraction of sp³-hybridized carbons (Fsp3) is 0.400. The van der Waals surface area contributed by atoms with E-state index < -0.39 is 11.5 Å². The highest BCUT2D eigenvalue weighted by atomic mass is 35.5. The van der Waals surface area contributed by atoms with E-state index in [4.69, 9.17) is 21.1 Å². The minimum absolute atomic E-state index is 0.106. The van der Waals surface area contributed by atoms with Crippen molar-refractivity contribution in [1.82, 2.24) is 15.2 Å². The van der Waals surface area contributed by atoms with Crippen LogP contribution in [0, 0.1) is 5.41 Å². The van der Waals surface area contributed by atoms with E-state index in [1.807, 2.05) is 18.7 Å². The van der Waals surface area contributed by atoms with Crippen LogP contribution in [0.1, 0.15) is 25.0 Å². The van der Waals surface area contributed by atoms with E-state index >= 15 is 0 Å². The van der Waals surface area contributed by atoms with E-state index in [9.17, 15) is 14.7 Å². The Kier molecular flexibility index (Phi) is 7.21. The average molecular weight is 486 g/mol. The number of nitrogens with one attached hydrogen (secondary N) is 1. The van der Waals surface area contributed by atoms with Crippen molar-refractivity contribution in [1.29, 1.82) is 0 Å². The summed E-state index contributed by atoms with van der Waals surface area (Å²) in [5.74, 6) is -0.0370. The molecule has 0 radical (unpaired) electrons. The van der Waals surface area contributed by atoms with E-state index in [0.717, 1.165) is 13.1 Å². The summed E-state index contributed by atoms with van der Waals surface area (Å²) in [6.07, 6.45) is 2.42. The smallest absolute Gasteiger partial charge is 0.234 e. The topological polar surface area (TPSA) is 101 Å². The van der Waals surface area contributed by atoms with Crippen molar-refractivity contribution in [2.45, 2.75) is 20.0 Å². The number of amides is 1. The Bertz CT molecular complexity index is 1100. The summed E-state index contributed by atoms with van der Waals surface area (Å²) in [6.45, 7) is 7.00. The number of aromatic hydroxyl groups is 1. The van der Waals surface area contributed by atoms with Crippen molar-refractivity contribution in [3.8, 4) is 5.75 Å². The number of morpholine rings is 1. The number of aromatic nitrogens is 1. The number of hydrogen-bond donors (Lipinski definition) is 2. The van der Waals surface area contributed by atoms with Crippen LogP contribution < -0.4 is 5.32 Å². The van der Waals surface area contributed by atoms with E-state index in [1.54, 1.807) is 36.7 Å². The van der Waals surface area contributed by atoms with Gasteiger partial charge in [0.15, 0.2) is 6.10 Å². The van der Waals surface area contributed by atoms with Gasteiger partial charge in [0.1, 0.15) is 11.5 Å². The van der Waals surface area contributed by atoms with Gasteiger partial charge in [0, 0.05) is 43.0 Å². The molecule has 180 valence electrons. The number of ether oxygens (including phenoxy) is 2. The second kappa shape index (κ2) is 10.1. The first kappa shape index (κ1) is 24.2. The Labute approximate surface area is 203 Å². The van der Waals surface area contributed by atoms with Gasteiger partial charge in [-0.3, -0.25) is 19.5 Å². The standard InChI is InChI=1S/C25H28ClN3O5/c1-25(2,15-28-20(31)14-29-9-11-33-12-10-29)24-22(32)21(17-3-4-18(26)19(30)13-17)23(34-24)16-5-7-27-8-6-16/h3-8,13,24,30H,9-12,14-15H2,1-2H3,(H,28,31). The summed E-state index contributed by atoms with van der Waals surface area (Å²) in [6, 6.07) is 8.20. The van der Waals surface area contributed by atoms with Gasteiger partial charge >= 0.3 is 0 Å². The molecule has 2 aromatic rings. The lowest BCUT2D eigenvalue weighted by Gasteiger charge is -2.31. The number of nitrogens with zero attached hydrogens (tertiary/aromatic N) is 2. The molecule has 1 atom stereocenters. The summed E-state index contributed by atoms with van der Waals surface area (Å²) in [5.41, 5.74) is 0.860. The van der Waals surface area contributed by atoms with Crippen molar-refractivity contribution in [2.24, 2.45) is 5.41 Å². The molecule has 8 nitrogen and oxygen atoms in total. The molecule has 4 rings (SSSR count). The third-order valence-corrected chi connectivity index (χ3v) is 6.37. The molecular formula is C25H28ClN3O5. The minimum Gasteiger partial charge on any atom is -0.506 e. The number of carbonyl (C=O) groups is 2. The molecule has 0 bridgehead atoms. The van der Waals surface area contributed by atoms with Crippen LogP contribution in [-0.4, -0.2) is 72.2 Å². The second-order valence-electron chi connectivity index (χ2n) is 9.12. The molecule has 1 fully saturated rings. The number of ketones is 1. The summed E-state index contributed by atoms with van der Waals surface area (Å²) < 4.78 is 11.6. The molecule has 2 aliphatic rings. The molecule has 0 spiro atoms. The van der Waals surface area contributed by atoms with Gasteiger partial charge in [-0.2, -0.15) is 0 Å². The molecule has 3 heterocycles. The van der Waals surface area contributed by atoms with Gasteiger partial charge in [-0.15, -0.1) is 0 Å². The number of phenolic OH excluding ortho intramolecular Hbond substituents is 1. The molecule has 34 heavy (non-hydrogen) atoms. The zero-order valence-electron chi connectivity index (χ0n) is 19.2. The van der Waals surface area contributed by atoms with Crippen LogP contribution in [0.5, 0.6) is 5.75 Å². The third kappa shape index (κ3) is 5.24. The highest BCUT2D eigenvalue weighted by Crippen LogP contribution is 2.43. The van der Waals surface area contributed by atoms with Crippen LogP contribution in [-0.2, 0) is 19.1 Å². The van der Waals surface area contributed by atoms with Crippen molar-refractivity contribution in [3.05, 3.63) is 58.9 Å². The molecule has 9 heteroatoms. The van der Waals surface area contributed by atoms with Gasteiger partial charge in [-0.1, -0.05) is 31.5 Å². The normalized spacial score (nSPS) is 19.3. The molecule has 0 saturated carbocycles. The average Bonchev–Trinajstić information content (AvgIpc) is 3.19. The number of carbonyl (C=O) groups excluding carboxylic acids is 2. The first-order valence-electron chi connectivity index (χ1n) is 11.2. The van der Waals surface area contributed by atoms with E-state index in [-0.39, 0.29) is 35.6 Å². The number of hydrogen-bond acceptors (Lipinski definition) is 7. The molecular weight excluding hydrogens is 458 g/mol. The van der Waals surface area contributed by atoms with Crippen LogP contribution in [0.3, 0.4) is 0 Å². The van der Waals surface area contributed by atoms with E-state index in [0.29, 0.717) is 35.7 Å². The van der Waals surface area contributed by atoms with Gasteiger partial charge in [-0.05, 0) is 29.8 Å². The van der Waals surface area contributed by atoms with Gasteiger partial charge < -0.3 is 19.9 Å². The fourth-order valence-corrected chi connectivity index (χ4v) is 4.20. The summed E-state index contributed by atoms with van der Waals surface area (Å²) >= 11 is 5.98. The Balaban J connectivity index is 1.54. The predicted molar refractivity (Wildman–Crippen MR) is 128 cm³/mol. The molecule has 0 aliphatic carbocycles. The Morgan fingerprint density at radius 1 is 1.21 bits per heavy atom. The van der Waals surface area contributed by atoms with Crippen molar-refractivity contribution >= 4 is 34.6 Å². The quantitative estimate of drug-likeness (QED) is 0.621. The molecule has 1 saturated heterocycles. The highest BCUT2D eigenvalue weighted by molar-refractivity contribution is 6.33. The Hall–Kier alpha value is -2.94. The van der Waals surface area contributed by atoms with Gasteiger partial charge in [-0.25, -0.2) is 0 Å². The minimum atomic E-state index is -0.827. The van der Waals surface area contributed by atoms with Crippen molar-refractivity contribution in [2.75, 3.05) is 39.4 Å². The van der Waals surface area contributed by atoms with Gasteiger partial charge in [0.25, 0.3) is 0 Å². The van der Waals surface area contributed by atoms with E-state index in [1.165, 1.54) is 6.07 Å². The molecule has 1 amide bonds. The van der Waals surface area contributed by atoms with Crippen LogP contribution in [0.15, 0.2) is 42.7 Å². The SMILES string of the molecule is CC(C)(CNC(=O)CN1CCOCC1)C1OC(c2ccncc2)=C(c2ccc(Cl)c(O)c2)C1=O. The molecule has 1 aromatic heterocycles. The number of rotatable bonds is 7. The molecule has 2 N–H and O–H groups in total. The number of pyridine rings is 1. The van der Waals surface area contributed by atoms with Gasteiger partial charge in [0.2, 0.25) is 11.7 Å². The summed E-state index contributed by atoms with van der Waals surface area (Å²) in [7, 11) is 0.